The van der Waals surface area contributed by atoms with Crippen molar-refractivity contribution in [1.82, 2.24) is 5.32 Å². The minimum absolute atomic E-state index is 0.0271. The zero-order valence-electron chi connectivity index (χ0n) is 11.4. The number of hydrogen-bond acceptors (Lipinski definition) is 3. The molecule has 2 aromatic rings. The fourth-order valence-corrected chi connectivity index (χ4v) is 3.58. The van der Waals surface area contributed by atoms with Crippen molar-refractivity contribution in [3.8, 4) is 0 Å². The molecule has 1 aliphatic heterocycles. The molecule has 1 aliphatic rings. The molecular formula is C16H12BrClN2OS. The van der Waals surface area contributed by atoms with Crippen LogP contribution in [0.25, 0.3) is 0 Å². The van der Waals surface area contributed by atoms with E-state index < -0.39 is 0 Å². The van der Waals surface area contributed by atoms with Gasteiger partial charge in [-0.25, -0.2) is 4.99 Å². The van der Waals surface area contributed by atoms with Gasteiger partial charge in [0.15, 0.2) is 5.17 Å². The maximum Gasteiger partial charge on any atom is 0.239 e. The predicted molar refractivity (Wildman–Crippen MR) is 95.9 cm³/mol. The highest BCUT2D eigenvalue weighted by molar-refractivity contribution is 9.10. The van der Waals surface area contributed by atoms with Crippen molar-refractivity contribution in [2.75, 3.05) is 0 Å². The number of nitrogens with one attached hydrogen (secondary N) is 1. The Hall–Kier alpha value is -1.30. The Morgan fingerprint density at radius 2 is 1.91 bits per heavy atom. The van der Waals surface area contributed by atoms with Crippen molar-refractivity contribution >= 4 is 56.1 Å². The Kier molecular flexibility index (Phi) is 4.86. The number of halogens is 2. The summed E-state index contributed by atoms with van der Waals surface area (Å²) in [5, 5.41) is 3.94. The molecule has 1 saturated heterocycles. The van der Waals surface area contributed by atoms with E-state index in [4.69, 9.17) is 11.6 Å². The van der Waals surface area contributed by atoms with Gasteiger partial charge in [-0.2, -0.15) is 0 Å². The number of carbonyl (C=O) groups is 1. The van der Waals surface area contributed by atoms with E-state index >= 15 is 0 Å². The van der Waals surface area contributed by atoms with Crippen LogP contribution in [0.4, 0.5) is 5.69 Å². The van der Waals surface area contributed by atoms with Gasteiger partial charge in [0.2, 0.25) is 5.91 Å². The van der Waals surface area contributed by atoms with Crippen LogP contribution in [0, 0.1) is 0 Å². The molecular weight excluding hydrogens is 384 g/mol. The van der Waals surface area contributed by atoms with Gasteiger partial charge in [0.1, 0.15) is 0 Å². The highest BCUT2D eigenvalue weighted by atomic mass is 79.9. The number of amides is 1. The lowest BCUT2D eigenvalue weighted by Gasteiger charge is -2.06. The van der Waals surface area contributed by atoms with E-state index in [1.165, 1.54) is 11.8 Å². The molecule has 1 heterocycles. The van der Waals surface area contributed by atoms with E-state index in [2.05, 4.69) is 26.2 Å². The first kappa shape index (κ1) is 15.6. The third kappa shape index (κ3) is 3.72. The number of nitrogens with zero attached hydrogens (tertiary/aromatic N) is 1. The van der Waals surface area contributed by atoms with E-state index in [-0.39, 0.29) is 11.2 Å². The van der Waals surface area contributed by atoms with E-state index in [1.54, 1.807) is 0 Å². The lowest BCUT2D eigenvalue weighted by molar-refractivity contribution is -0.118. The summed E-state index contributed by atoms with van der Waals surface area (Å²) in [5.41, 5.74) is 1.78. The second kappa shape index (κ2) is 6.86. The molecule has 0 radical (unpaired) electrons. The van der Waals surface area contributed by atoms with Crippen LogP contribution in [-0.2, 0) is 11.2 Å². The molecule has 3 rings (SSSR count). The second-order valence-corrected chi connectivity index (χ2v) is 7.30. The molecule has 6 heteroatoms. The Labute approximate surface area is 146 Å². The van der Waals surface area contributed by atoms with Crippen LogP contribution in [0.1, 0.15) is 5.56 Å². The van der Waals surface area contributed by atoms with Gasteiger partial charge in [0, 0.05) is 9.50 Å². The Morgan fingerprint density at radius 1 is 1.18 bits per heavy atom. The summed E-state index contributed by atoms with van der Waals surface area (Å²) in [4.78, 5) is 16.5. The van der Waals surface area contributed by atoms with Crippen LogP contribution < -0.4 is 5.32 Å². The number of rotatable bonds is 3. The van der Waals surface area contributed by atoms with E-state index in [0.717, 1.165) is 15.7 Å². The van der Waals surface area contributed by atoms with E-state index in [0.29, 0.717) is 16.6 Å². The van der Waals surface area contributed by atoms with Crippen LogP contribution in [0.3, 0.4) is 0 Å². The molecule has 0 unspecified atom stereocenters. The molecule has 0 aromatic heterocycles. The number of aliphatic imine (C=N–C) groups is 1. The molecule has 0 bridgehead atoms. The SMILES string of the molecule is O=C1NC(=Nc2ccc(Br)cc2)S[C@@H]1Cc1ccccc1Cl. The molecule has 22 heavy (non-hydrogen) atoms. The van der Waals surface area contributed by atoms with Gasteiger partial charge in [-0.05, 0) is 42.3 Å². The standard InChI is InChI=1S/C16H12BrClN2OS/c17-11-5-7-12(8-6-11)19-16-20-15(21)14(22-16)9-10-3-1-2-4-13(10)18/h1-8,14H,9H2,(H,19,20,21)/t14-/m1/s1. The monoisotopic (exact) mass is 394 g/mol. The first-order valence-electron chi connectivity index (χ1n) is 6.67. The minimum Gasteiger partial charge on any atom is -0.304 e. The summed E-state index contributed by atoms with van der Waals surface area (Å²) < 4.78 is 0.996. The molecule has 112 valence electrons. The van der Waals surface area contributed by atoms with Crippen molar-refractivity contribution in [2.24, 2.45) is 4.99 Å². The maximum absolute atomic E-state index is 12.1. The summed E-state index contributed by atoms with van der Waals surface area (Å²) in [6.07, 6.45) is 0.593. The fraction of sp³-hybridized carbons (Fsp3) is 0.125. The largest absolute Gasteiger partial charge is 0.304 e. The molecule has 1 N–H and O–H groups in total. The van der Waals surface area contributed by atoms with Crippen molar-refractivity contribution < 1.29 is 4.79 Å². The van der Waals surface area contributed by atoms with Gasteiger partial charge in [-0.1, -0.05) is 57.5 Å². The fourth-order valence-electron chi connectivity index (χ4n) is 2.09. The van der Waals surface area contributed by atoms with Crippen LogP contribution in [-0.4, -0.2) is 16.3 Å². The topological polar surface area (TPSA) is 41.5 Å². The summed E-state index contributed by atoms with van der Waals surface area (Å²) >= 11 is 11.0. The van der Waals surface area contributed by atoms with Crippen LogP contribution in [0.5, 0.6) is 0 Å². The Morgan fingerprint density at radius 3 is 2.64 bits per heavy atom. The molecule has 2 aromatic carbocycles. The molecule has 1 amide bonds. The van der Waals surface area contributed by atoms with Crippen molar-refractivity contribution in [3.63, 3.8) is 0 Å². The molecule has 0 spiro atoms. The van der Waals surface area contributed by atoms with Crippen molar-refractivity contribution in [3.05, 3.63) is 63.6 Å². The predicted octanol–water partition coefficient (Wildman–Crippen LogP) is 4.56. The van der Waals surface area contributed by atoms with Gasteiger partial charge in [0.25, 0.3) is 0 Å². The molecule has 1 fully saturated rings. The number of amidine groups is 1. The van der Waals surface area contributed by atoms with Crippen molar-refractivity contribution in [2.45, 2.75) is 11.7 Å². The number of benzene rings is 2. The first-order valence-corrected chi connectivity index (χ1v) is 8.72. The summed E-state index contributed by atoms with van der Waals surface area (Å²) in [6.45, 7) is 0. The lowest BCUT2D eigenvalue weighted by atomic mass is 10.1. The molecule has 0 aliphatic carbocycles. The van der Waals surface area contributed by atoms with E-state index in [1.807, 2.05) is 48.5 Å². The zero-order valence-corrected chi connectivity index (χ0v) is 14.6. The average Bonchev–Trinajstić information content (AvgIpc) is 2.84. The van der Waals surface area contributed by atoms with Crippen LogP contribution in [0.2, 0.25) is 5.02 Å². The Bertz CT molecular complexity index is 733. The highest BCUT2D eigenvalue weighted by Gasteiger charge is 2.30. The average molecular weight is 396 g/mol. The third-order valence-electron chi connectivity index (χ3n) is 3.20. The van der Waals surface area contributed by atoms with Crippen LogP contribution >= 0.6 is 39.3 Å². The minimum atomic E-state index is -0.200. The number of hydrogen-bond donors (Lipinski definition) is 1. The summed E-state index contributed by atoms with van der Waals surface area (Å²) in [7, 11) is 0. The van der Waals surface area contributed by atoms with E-state index in [9.17, 15) is 4.79 Å². The highest BCUT2D eigenvalue weighted by Crippen LogP contribution is 2.28. The second-order valence-electron chi connectivity index (χ2n) is 4.78. The van der Waals surface area contributed by atoms with Gasteiger partial charge < -0.3 is 5.32 Å². The molecule has 3 nitrogen and oxygen atoms in total. The summed E-state index contributed by atoms with van der Waals surface area (Å²) in [5.74, 6) is -0.0271. The maximum atomic E-state index is 12.1. The summed E-state index contributed by atoms with van der Waals surface area (Å²) in [6, 6.07) is 15.2. The number of carbonyl (C=O) groups excluding carboxylic acids is 1. The lowest BCUT2D eigenvalue weighted by Crippen LogP contribution is -2.26. The Balaban J connectivity index is 1.73. The van der Waals surface area contributed by atoms with Crippen LogP contribution in [0.15, 0.2) is 58.0 Å². The first-order chi connectivity index (χ1) is 10.6. The number of thioether (sulfide) groups is 1. The smallest absolute Gasteiger partial charge is 0.239 e. The molecule has 1 atom stereocenters. The normalized spacial score (nSPS) is 19.5. The van der Waals surface area contributed by atoms with Gasteiger partial charge >= 0.3 is 0 Å². The molecule has 0 saturated carbocycles. The quantitative estimate of drug-likeness (QED) is 0.827. The third-order valence-corrected chi connectivity index (χ3v) is 5.18. The van der Waals surface area contributed by atoms with Gasteiger partial charge in [-0.15, -0.1) is 0 Å². The van der Waals surface area contributed by atoms with Gasteiger partial charge in [-0.3, -0.25) is 4.79 Å². The zero-order chi connectivity index (χ0) is 15.5. The van der Waals surface area contributed by atoms with Gasteiger partial charge in [0.05, 0.1) is 10.9 Å². The van der Waals surface area contributed by atoms with Crippen molar-refractivity contribution in [1.29, 1.82) is 0 Å².